The highest BCUT2D eigenvalue weighted by molar-refractivity contribution is 6.77. The van der Waals surface area contributed by atoms with Crippen molar-refractivity contribution in [2.45, 2.75) is 111 Å². The quantitative estimate of drug-likeness (QED) is 0.338. The standard InChI is InChI=1S/C35H44B2O4/c1-22-14-18-24(19-15-22)28-26-12-11-13-27(26)29(25-20-16-23(2)17-21-25)31(37-40-34(7,8)35(9,10)41-37)30(28)36-38-32(3,4)33(5,6)39-36/h14-21H,11-13H2,1-10H3. The molecular weight excluding hydrogens is 506 g/mol. The van der Waals surface area contributed by atoms with Crippen LogP contribution in [-0.2, 0) is 31.5 Å². The Morgan fingerprint density at radius 2 is 0.780 bits per heavy atom. The van der Waals surface area contributed by atoms with Crippen LogP contribution in [0.1, 0.15) is 84.1 Å². The molecule has 0 spiro atoms. The fourth-order valence-corrected chi connectivity index (χ4v) is 6.40. The van der Waals surface area contributed by atoms with Crippen molar-refractivity contribution in [2.24, 2.45) is 0 Å². The molecular formula is C35H44B2O4. The summed E-state index contributed by atoms with van der Waals surface area (Å²) in [6.07, 6.45) is 3.16. The van der Waals surface area contributed by atoms with E-state index in [1.54, 1.807) is 0 Å². The van der Waals surface area contributed by atoms with Gasteiger partial charge in [-0.15, -0.1) is 0 Å². The number of fused-ring (bicyclic) bond motifs is 1. The van der Waals surface area contributed by atoms with E-state index in [4.69, 9.17) is 18.6 Å². The number of hydrogen-bond donors (Lipinski definition) is 0. The average molecular weight is 550 g/mol. The Bertz CT molecular complexity index is 1340. The van der Waals surface area contributed by atoms with E-state index in [9.17, 15) is 0 Å². The fourth-order valence-electron chi connectivity index (χ4n) is 6.40. The highest BCUT2D eigenvalue weighted by Gasteiger charge is 2.58. The van der Waals surface area contributed by atoms with Gasteiger partial charge >= 0.3 is 14.2 Å². The van der Waals surface area contributed by atoms with Crippen molar-refractivity contribution in [3.63, 3.8) is 0 Å². The lowest BCUT2D eigenvalue weighted by Gasteiger charge is -2.32. The molecule has 0 atom stereocenters. The molecule has 2 aliphatic heterocycles. The van der Waals surface area contributed by atoms with Gasteiger partial charge in [-0.1, -0.05) is 59.7 Å². The highest BCUT2D eigenvalue weighted by Crippen LogP contribution is 2.44. The van der Waals surface area contributed by atoms with Crippen molar-refractivity contribution in [3.8, 4) is 22.3 Å². The molecule has 2 fully saturated rings. The largest absolute Gasteiger partial charge is 0.495 e. The molecule has 2 saturated heterocycles. The second-order valence-corrected chi connectivity index (χ2v) is 14.3. The van der Waals surface area contributed by atoms with Gasteiger partial charge in [0.15, 0.2) is 0 Å². The van der Waals surface area contributed by atoms with E-state index in [0.717, 1.165) is 30.2 Å². The highest BCUT2D eigenvalue weighted by atomic mass is 16.7. The zero-order valence-electron chi connectivity index (χ0n) is 26.5. The van der Waals surface area contributed by atoms with Gasteiger partial charge in [0.1, 0.15) is 0 Å². The number of benzene rings is 3. The molecule has 0 saturated carbocycles. The lowest BCUT2D eigenvalue weighted by atomic mass is 9.58. The summed E-state index contributed by atoms with van der Waals surface area (Å²) < 4.78 is 27.5. The summed E-state index contributed by atoms with van der Waals surface area (Å²) in [5.41, 5.74) is 10.2. The Balaban J connectivity index is 1.73. The van der Waals surface area contributed by atoms with Crippen molar-refractivity contribution >= 4 is 25.2 Å². The molecule has 3 aliphatic rings. The predicted molar refractivity (Wildman–Crippen MR) is 170 cm³/mol. The third-order valence-corrected chi connectivity index (χ3v) is 10.3. The van der Waals surface area contributed by atoms with Crippen molar-refractivity contribution < 1.29 is 18.6 Å². The van der Waals surface area contributed by atoms with Gasteiger partial charge in [0.05, 0.1) is 22.4 Å². The van der Waals surface area contributed by atoms with Crippen molar-refractivity contribution in [1.29, 1.82) is 0 Å². The normalized spacial score (nSPS) is 21.9. The van der Waals surface area contributed by atoms with E-state index in [1.165, 1.54) is 44.5 Å². The molecule has 0 bridgehead atoms. The van der Waals surface area contributed by atoms with Gasteiger partial charge in [0.25, 0.3) is 0 Å². The van der Waals surface area contributed by atoms with Gasteiger partial charge in [-0.2, -0.15) is 0 Å². The number of hydrogen-bond acceptors (Lipinski definition) is 4. The van der Waals surface area contributed by atoms with Crippen LogP contribution in [0.3, 0.4) is 0 Å². The summed E-state index contributed by atoms with van der Waals surface area (Å²) in [6, 6.07) is 17.8. The minimum atomic E-state index is -0.569. The summed E-state index contributed by atoms with van der Waals surface area (Å²) in [6.45, 7) is 21.3. The molecule has 0 unspecified atom stereocenters. The predicted octanol–water partition coefficient (Wildman–Crippen LogP) is 6.72. The first-order chi connectivity index (χ1) is 19.1. The van der Waals surface area contributed by atoms with Gasteiger partial charge in [-0.25, -0.2) is 0 Å². The molecule has 41 heavy (non-hydrogen) atoms. The van der Waals surface area contributed by atoms with Crippen LogP contribution in [0.2, 0.25) is 0 Å². The summed E-state index contributed by atoms with van der Waals surface area (Å²) >= 11 is 0. The molecule has 0 N–H and O–H groups in total. The van der Waals surface area contributed by atoms with Gasteiger partial charge < -0.3 is 18.6 Å². The Hall–Kier alpha value is -2.37. The summed E-state index contributed by atoms with van der Waals surface area (Å²) in [5, 5.41) is 0. The molecule has 6 rings (SSSR count). The first-order valence-electron chi connectivity index (χ1n) is 15.2. The first kappa shape index (κ1) is 28.7. The maximum atomic E-state index is 6.88. The van der Waals surface area contributed by atoms with Crippen molar-refractivity contribution in [2.75, 3.05) is 0 Å². The molecule has 6 heteroatoms. The van der Waals surface area contributed by atoms with Gasteiger partial charge in [0.2, 0.25) is 0 Å². The molecule has 3 aromatic rings. The first-order valence-corrected chi connectivity index (χ1v) is 15.2. The fraction of sp³-hybridized carbons (Fsp3) is 0.486. The average Bonchev–Trinajstić information content (AvgIpc) is 3.50. The maximum absolute atomic E-state index is 6.88. The lowest BCUT2D eigenvalue weighted by molar-refractivity contribution is 0.00578. The molecule has 4 nitrogen and oxygen atoms in total. The zero-order valence-corrected chi connectivity index (χ0v) is 26.5. The summed E-state index contributed by atoms with van der Waals surface area (Å²) in [4.78, 5) is 0. The lowest BCUT2D eigenvalue weighted by Crippen LogP contribution is -2.54. The molecule has 2 heterocycles. The van der Waals surface area contributed by atoms with Crippen LogP contribution < -0.4 is 10.9 Å². The van der Waals surface area contributed by atoms with Crippen molar-refractivity contribution in [1.82, 2.24) is 0 Å². The van der Waals surface area contributed by atoms with Gasteiger partial charge in [-0.05, 0) is 133 Å². The summed E-state index contributed by atoms with van der Waals surface area (Å²) in [5.74, 6) is 0. The second-order valence-electron chi connectivity index (χ2n) is 14.3. The van der Waals surface area contributed by atoms with E-state index in [2.05, 4.69) is 118 Å². The van der Waals surface area contributed by atoms with Gasteiger partial charge in [-0.3, -0.25) is 0 Å². The number of aryl methyl sites for hydroxylation is 2. The maximum Gasteiger partial charge on any atom is 0.495 e. The van der Waals surface area contributed by atoms with Crippen LogP contribution >= 0.6 is 0 Å². The van der Waals surface area contributed by atoms with E-state index in [-0.39, 0.29) is 0 Å². The number of rotatable bonds is 4. The molecule has 0 amide bonds. The van der Waals surface area contributed by atoms with Crippen LogP contribution in [0.15, 0.2) is 48.5 Å². The summed E-state index contributed by atoms with van der Waals surface area (Å²) in [7, 11) is -1.14. The topological polar surface area (TPSA) is 36.9 Å². The van der Waals surface area contributed by atoms with E-state index in [1.807, 2.05) is 0 Å². The van der Waals surface area contributed by atoms with E-state index < -0.39 is 36.6 Å². The molecule has 3 aromatic carbocycles. The monoisotopic (exact) mass is 550 g/mol. The Labute approximate surface area is 247 Å². The van der Waals surface area contributed by atoms with Crippen molar-refractivity contribution in [3.05, 3.63) is 70.8 Å². The van der Waals surface area contributed by atoms with Gasteiger partial charge in [0, 0.05) is 0 Å². The molecule has 0 aromatic heterocycles. The SMILES string of the molecule is Cc1ccc(-c2c3c(c(-c4ccc(C)cc4)c(B4OC(C)(C)C(C)(C)O4)c2B2OC(C)(C)C(C)(C)O2)CCC3)cc1. The van der Waals surface area contributed by atoms with Crippen LogP contribution in [0.25, 0.3) is 22.3 Å². The molecule has 1 aliphatic carbocycles. The minimum absolute atomic E-state index is 0.488. The second kappa shape index (κ2) is 9.57. The third kappa shape index (κ3) is 4.63. The van der Waals surface area contributed by atoms with Crippen LogP contribution in [0, 0.1) is 13.8 Å². The van der Waals surface area contributed by atoms with E-state index >= 15 is 0 Å². The van der Waals surface area contributed by atoms with Crippen LogP contribution in [0.4, 0.5) is 0 Å². The zero-order chi connectivity index (χ0) is 29.5. The van der Waals surface area contributed by atoms with Crippen LogP contribution in [0.5, 0.6) is 0 Å². The Morgan fingerprint density at radius 1 is 0.488 bits per heavy atom. The van der Waals surface area contributed by atoms with E-state index in [0.29, 0.717) is 0 Å². The third-order valence-electron chi connectivity index (χ3n) is 10.3. The Kier molecular flexibility index (Phi) is 6.71. The molecule has 0 radical (unpaired) electrons. The van der Waals surface area contributed by atoms with Crippen LogP contribution in [-0.4, -0.2) is 36.6 Å². The minimum Gasteiger partial charge on any atom is -0.399 e. The smallest absolute Gasteiger partial charge is 0.399 e. The molecule has 214 valence electrons. The Morgan fingerprint density at radius 3 is 1.07 bits per heavy atom.